The molecular formula is C13H19F2N3O. The van der Waals surface area contributed by atoms with E-state index in [1.807, 2.05) is 6.92 Å². The molecule has 4 nitrogen and oxygen atoms in total. The molecule has 2 atom stereocenters. The van der Waals surface area contributed by atoms with Crippen LogP contribution >= 0.6 is 0 Å². The quantitative estimate of drug-likeness (QED) is 0.738. The van der Waals surface area contributed by atoms with Crippen LogP contribution in [0.25, 0.3) is 0 Å². The summed E-state index contributed by atoms with van der Waals surface area (Å²) < 4.78 is 28.4. The van der Waals surface area contributed by atoms with Gasteiger partial charge in [-0.1, -0.05) is 12.1 Å². The van der Waals surface area contributed by atoms with E-state index in [9.17, 15) is 8.78 Å². The molecule has 2 unspecified atom stereocenters. The molecule has 2 rings (SSSR count). The van der Waals surface area contributed by atoms with Gasteiger partial charge in [-0.2, -0.15) is 8.78 Å². The molecule has 1 aromatic rings. The van der Waals surface area contributed by atoms with Crippen LogP contribution in [0.4, 0.5) is 8.78 Å². The number of benzene rings is 1. The third-order valence-electron chi connectivity index (χ3n) is 3.20. The molecule has 1 aromatic carbocycles. The summed E-state index contributed by atoms with van der Waals surface area (Å²) in [6, 6.07) is 7.34. The highest BCUT2D eigenvalue weighted by Gasteiger charge is 2.14. The van der Waals surface area contributed by atoms with Crippen molar-refractivity contribution in [1.82, 2.24) is 16.2 Å². The van der Waals surface area contributed by atoms with Crippen molar-refractivity contribution in [1.29, 1.82) is 0 Å². The van der Waals surface area contributed by atoms with Crippen molar-refractivity contribution in [2.45, 2.75) is 32.0 Å². The maximum atomic E-state index is 12.0. The van der Waals surface area contributed by atoms with Crippen LogP contribution in [-0.4, -0.2) is 25.7 Å². The summed E-state index contributed by atoms with van der Waals surface area (Å²) in [4.78, 5) is 0. The first-order valence-electron chi connectivity index (χ1n) is 6.41. The topological polar surface area (TPSA) is 45.3 Å². The Balaban J connectivity index is 1.82. The van der Waals surface area contributed by atoms with Crippen LogP contribution in [0.15, 0.2) is 24.3 Å². The van der Waals surface area contributed by atoms with Crippen LogP contribution in [0, 0.1) is 0 Å². The van der Waals surface area contributed by atoms with Gasteiger partial charge >= 0.3 is 6.61 Å². The smallest absolute Gasteiger partial charge is 0.387 e. The number of halogens is 2. The predicted molar refractivity (Wildman–Crippen MR) is 69.0 cm³/mol. The van der Waals surface area contributed by atoms with Crippen LogP contribution < -0.4 is 20.9 Å². The van der Waals surface area contributed by atoms with E-state index in [-0.39, 0.29) is 11.8 Å². The molecule has 1 aliphatic rings. The molecule has 6 heteroatoms. The second kappa shape index (κ2) is 6.79. The van der Waals surface area contributed by atoms with E-state index >= 15 is 0 Å². The number of hydrogen-bond donors (Lipinski definition) is 3. The Kier molecular flexibility index (Phi) is 5.07. The van der Waals surface area contributed by atoms with Gasteiger partial charge in [-0.15, -0.1) is 0 Å². The van der Waals surface area contributed by atoms with Gasteiger partial charge in [0.2, 0.25) is 0 Å². The number of hydrogen-bond acceptors (Lipinski definition) is 4. The zero-order chi connectivity index (χ0) is 13.7. The molecule has 1 aliphatic heterocycles. The summed E-state index contributed by atoms with van der Waals surface area (Å²) in [5.41, 5.74) is 7.31. The molecule has 1 heterocycles. The Morgan fingerprint density at radius 1 is 1.37 bits per heavy atom. The molecule has 1 fully saturated rings. The van der Waals surface area contributed by atoms with Crippen molar-refractivity contribution in [2.75, 3.05) is 13.1 Å². The maximum absolute atomic E-state index is 12.0. The van der Waals surface area contributed by atoms with Crippen molar-refractivity contribution in [3.05, 3.63) is 29.8 Å². The van der Waals surface area contributed by atoms with E-state index in [0.29, 0.717) is 6.04 Å². The first-order valence-corrected chi connectivity index (χ1v) is 6.41. The maximum Gasteiger partial charge on any atom is 0.387 e. The third-order valence-corrected chi connectivity index (χ3v) is 3.20. The minimum absolute atomic E-state index is 0.169. The molecule has 19 heavy (non-hydrogen) atoms. The molecule has 1 saturated heterocycles. The van der Waals surface area contributed by atoms with Crippen molar-refractivity contribution >= 4 is 0 Å². The number of hydrazine groups is 1. The summed E-state index contributed by atoms with van der Waals surface area (Å²) in [5.74, 6) is 0.188. The molecule has 0 saturated carbocycles. The largest absolute Gasteiger partial charge is 0.435 e. The number of ether oxygens (including phenoxy) is 1. The molecule has 0 bridgehead atoms. The Labute approximate surface area is 111 Å². The van der Waals surface area contributed by atoms with E-state index in [0.717, 1.165) is 25.1 Å². The number of rotatable bonds is 6. The fourth-order valence-electron chi connectivity index (χ4n) is 2.06. The summed E-state index contributed by atoms with van der Waals surface area (Å²) in [5, 5.41) is 3.41. The molecule has 0 amide bonds. The Bertz CT molecular complexity index is 380. The van der Waals surface area contributed by atoms with E-state index in [4.69, 9.17) is 0 Å². The molecule has 0 aliphatic carbocycles. The monoisotopic (exact) mass is 271 g/mol. The van der Waals surface area contributed by atoms with Crippen LogP contribution in [0.3, 0.4) is 0 Å². The lowest BCUT2D eigenvalue weighted by Crippen LogP contribution is -2.38. The normalized spacial score (nSPS) is 20.7. The van der Waals surface area contributed by atoms with Gasteiger partial charge in [0.15, 0.2) is 0 Å². The number of nitrogens with one attached hydrogen (secondary N) is 3. The Hall–Kier alpha value is -1.24. The minimum Gasteiger partial charge on any atom is -0.435 e. The van der Waals surface area contributed by atoms with Gasteiger partial charge < -0.3 is 10.1 Å². The third kappa shape index (κ3) is 4.41. The first-order chi connectivity index (χ1) is 9.15. The van der Waals surface area contributed by atoms with Crippen molar-refractivity contribution in [3.63, 3.8) is 0 Å². The molecule has 0 aromatic heterocycles. The average Bonchev–Trinajstić information content (AvgIpc) is 2.89. The van der Waals surface area contributed by atoms with E-state index < -0.39 is 6.61 Å². The van der Waals surface area contributed by atoms with Crippen molar-refractivity contribution < 1.29 is 13.5 Å². The van der Waals surface area contributed by atoms with Crippen LogP contribution in [0.1, 0.15) is 24.9 Å². The standard InChI is InChI=1S/C13H19F2N3O/c1-9(16-8-11-6-7-17-18-11)10-2-4-12(5-3-10)19-13(14)15/h2-5,9,11,13,16-18H,6-8H2,1H3. The Morgan fingerprint density at radius 3 is 2.68 bits per heavy atom. The van der Waals surface area contributed by atoms with E-state index in [2.05, 4.69) is 20.9 Å². The van der Waals surface area contributed by atoms with Crippen molar-refractivity contribution in [3.8, 4) is 5.75 Å². The zero-order valence-corrected chi connectivity index (χ0v) is 10.8. The second-order valence-electron chi connectivity index (χ2n) is 4.63. The molecule has 0 spiro atoms. The van der Waals surface area contributed by atoms with Gasteiger partial charge in [0.05, 0.1) is 0 Å². The van der Waals surface area contributed by atoms with Gasteiger partial charge in [0, 0.05) is 25.2 Å². The van der Waals surface area contributed by atoms with Gasteiger partial charge in [-0.05, 0) is 31.0 Å². The summed E-state index contributed by atoms with van der Waals surface area (Å²) in [6.07, 6.45) is 1.10. The van der Waals surface area contributed by atoms with E-state index in [1.165, 1.54) is 0 Å². The van der Waals surface area contributed by atoms with Crippen LogP contribution in [0.2, 0.25) is 0 Å². The number of alkyl halides is 2. The second-order valence-corrected chi connectivity index (χ2v) is 4.63. The lowest BCUT2D eigenvalue weighted by Gasteiger charge is -2.17. The van der Waals surface area contributed by atoms with Crippen LogP contribution in [0.5, 0.6) is 5.75 Å². The molecule has 0 radical (unpaired) electrons. The zero-order valence-electron chi connectivity index (χ0n) is 10.8. The fraction of sp³-hybridized carbons (Fsp3) is 0.538. The van der Waals surface area contributed by atoms with Crippen LogP contribution in [-0.2, 0) is 0 Å². The van der Waals surface area contributed by atoms with Gasteiger partial charge in [0.25, 0.3) is 0 Å². The minimum atomic E-state index is -2.78. The molecule has 3 N–H and O–H groups in total. The fourth-order valence-corrected chi connectivity index (χ4v) is 2.06. The average molecular weight is 271 g/mol. The lowest BCUT2D eigenvalue weighted by atomic mass is 10.1. The Morgan fingerprint density at radius 2 is 2.11 bits per heavy atom. The summed E-state index contributed by atoms with van der Waals surface area (Å²) in [7, 11) is 0. The van der Waals surface area contributed by atoms with E-state index in [1.54, 1.807) is 24.3 Å². The summed E-state index contributed by atoms with van der Waals surface area (Å²) in [6.45, 7) is 1.12. The predicted octanol–water partition coefficient (Wildman–Crippen LogP) is 1.81. The summed E-state index contributed by atoms with van der Waals surface area (Å²) >= 11 is 0. The van der Waals surface area contributed by atoms with Gasteiger partial charge in [0.1, 0.15) is 5.75 Å². The SMILES string of the molecule is CC(NCC1CCNN1)c1ccc(OC(F)F)cc1. The molecule has 106 valence electrons. The first kappa shape index (κ1) is 14.2. The highest BCUT2D eigenvalue weighted by Crippen LogP contribution is 2.19. The lowest BCUT2D eigenvalue weighted by molar-refractivity contribution is -0.0498. The molecular weight excluding hydrogens is 252 g/mol. The highest BCUT2D eigenvalue weighted by molar-refractivity contribution is 5.28. The highest BCUT2D eigenvalue weighted by atomic mass is 19.3. The van der Waals surface area contributed by atoms with Gasteiger partial charge in [-0.3, -0.25) is 10.9 Å². The van der Waals surface area contributed by atoms with Gasteiger partial charge in [-0.25, -0.2) is 0 Å². The van der Waals surface area contributed by atoms with Crippen molar-refractivity contribution in [2.24, 2.45) is 0 Å².